The first-order valence-corrected chi connectivity index (χ1v) is 8.63. The molecule has 0 bridgehead atoms. The van der Waals surface area contributed by atoms with E-state index in [0.717, 1.165) is 10.2 Å². The highest BCUT2D eigenvalue weighted by molar-refractivity contribution is 9.10. The Morgan fingerprint density at radius 2 is 1.86 bits per heavy atom. The number of anilines is 1. The summed E-state index contributed by atoms with van der Waals surface area (Å²) in [7, 11) is -4.71. The molecule has 1 aromatic carbocycles. The minimum Gasteiger partial charge on any atom is -0.311 e. The Labute approximate surface area is 134 Å². The molecule has 0 saturated carbocycles. The van der Waals surface area contributed by atoms with Gasteiger partial charge in [0.1, 0.15) is 5.25 Å². The number of nitrogens with zero attached hydrogens (tertiary/aromatic N) is 3. The lowest BCUT2D eigenvalue weighted by Crippen LogP contribution is -2.26. The second-order valence-corrected chi connectivity index (χ2v) is 7.46. The molecule has 1 fully saturated rings. The van der Waals surface area contributed by atoms with Gasteiger partial charge in [0.05, 0.1) is 16.4 Å². The molecule has 2 aromatic rings. The SMILES string of the molecule is O=C1CC(S(=O)(=O)F)CN1c1ccc(-n2cc(Br)cn2)cc1. The molecular formula is C13H11BrFN3O3S. The van der Waals surface area contributed by atoms with Crippen LogP contribution in [-0.2, 0) is 15.0 Å². The number of hydrogen-bond donors (Lipinski definition) is 0. The van der Waals surface area contributed by atoms with Crippen molar-refractivity contribution in [2.45, 2.75) is 11.7 Å². The van der Waals surface area contributed by atoms with Gasteiger partial charge < -0.3 is 4.90 Å². The van der Waals surface area contributed by atoms with Crippen LogP contribution in [0.1, 0.15) is 6.42 Å². The highest BCUT2D eigenvalue weighted by atomic mass is 79.9. The van der Waals surface area contributed by atoms with E-state index in [1.54, 1.807) is 41.3 Å². The Morgan fingerprint density at radius 1 is 1.23 bits per heavy atom. The third kappa shape index (κ3) is 2.91. The van der Waals surface area contributed by atoms with Crippen LogP contribution in [0.5, 0.6) is 0 Å². The summed E-state index contributed by atoms with van der Waals surface area (Å²) in [6, 6.07) is 6.85. The molecular weight excluding hydrogens is 377 g/mol. The number of hydrogen-bond acceptors (Lipinski definition) is 4. The zero-order valence-corrected chi connectivity index (χ0v) is 13.6. The van der Waals surface area contributed by atoms with Gasteiger partial charge in [-0.1, -0.05) is 0 Å². The zero-order chi connectivity index (χ0) is 15.9. The number of halogens is 2. The minimum absolute atomic E-state index is 0.162. The molecule has 1 saturated heterocycles. The van der Waals surface area contributed by atoms with Crippen LogP contribution >= 0.6 is 15.9 Å². The molecule has 1 aromatic heterocycles. The van der Waals surface area contributed by atoms with E-state index < -0.39 is 21.4 Å². The van der Waals surface area contributed by atoms with E-state index in [9.17, 15) is 17.1 Å². The minimum atomic E-state index is -4.71. The fraction of sp³-hybridized carbons (Fsp3) is 0.231. The Balaban J connectivity index is 1.83. The standard InChI is InChI=1S/C13H11BrFN3O3S/c14-9-6-16-18(7-9)11-3-1-10(2-4-11)17-8-12(5-13(17)19)22(15,20)21/h1-4,6-7,12H,5,8H2. The summed E-state index contributed by atoms with van der Waals surface area (Å²) < 4.78 is 37.4. The van der Waals surface area contributed by atoms with E-state index in [2.05, 4.69) is 21.0 Å². The predicted molar refractivity (Wildman–Crippen MR) is 82.0 cm³/mol. The summed E-state index contributed by atoms with van der Waals surface area (Å²) in [6.45, 7) is -0.162. The van der Waals surface area contributed by atoms with Crippen LogP contribution in [0, 0.1) is 0 Å². The molecule has 2 heterocycles. The summed E-state index contributed by atoms with van der Waals surface area (Å²) in [5.41, 5.74) is 1.32. The summed E-state index contributed by atoms with van der Waals surface area (Å²) in [5.74, 6) is -0.402. The van der Waals surface area contributed by atoms with Crippen molar-refractivity contribution in [3.63, 3.8) is 0 Å². The van der Waals surface area contributed by atoms with Crippen molar-refractivity contribution in [1.29, 1.82) is 0 Å². The first-order valence-electron chi connectivity index (χ1n) is 6.39. The van der Waals surface area contributed by atoms with Gasteiger partial charge in [0, 0.05) is 24.8 Å². The fourth-order valence-corrected chi connectivity index (χ4v) is 3.29. The van der Waals surface area contributed by atoms with Crippen molar-refractivity contribution in [2.75, 3.05) is 11.4 Å². The maximum Gasteiger partial charge on any atom is 0.307 e. The molecule has 6 nitrogen and oxygen atoms in total. The predicted octanol–water partition coefficient (Wildman–Crippen LogP) is 2.04. The molecule has 0 aliphatic carbocycles. The third-order valence-electron chi connectivity index (χ3n) is 3.46. The lowest BCUT2D eigenvalue weighted by Gasteiger charge is -2.16. The highest BCUT2D eigenvalue weighted by Gasteiger charge is 2.38. The highest BCUT2D eigenvalue weighted by Crippen LogP contribution is 2.26. The summed E-state index contributed by atoms with van der Waals surface area (Å²) in [6.07, 6.45) is 3.10. The van der Waals surface area contributed by atoms with E-state index in [0.29, 0.717) is 5.69 Å². The van der Waals surface area contributed by atoms with Crippen LogP contribution in [-0.4, -0.2) is 35.9 Å². The van der Waals surface area contributed by atoms with Gasteiger partial charge in [0.2, 0.25) is 5.91 Å². The molecule has 1 unspecified atom stereocenters. The van der Waals surface area contributed by atoms with Crippen molar-refractivity contribution >= 4 is 37.7 Å². The molecule has 0 N–H and O–H groups in total. The first kappa shape index (κ1) is 15.2. The molecule has 1 amide bonds. The van der Waals surface area contributed by atoms with Gasteiger partial charge >= 0.3 is 10.2 Å². The molecule has 0 radical (unpaired) electrons. The van der Waals surface area contributed by atoms with Gasteiger partial charge in [0.25, 0.3) is 0 Å². The molecule has 3 rings (SSSR count). The Morgan fingerprint density at radius 3 is 2.36 bits per heavy atom. The molecule has 22 heavy (non-hydrogen) atoms. The quantitative estimate of drug-likeness (QED) is 0.755. The monoisotopic (exact) mass is 387 g/mol. The van der Waals surface area contributed by atoms with E-state index in [4.69, 9.17) is 0 Å². The molecule has 1 aliphatic rings. The Kier molecular flexibility index (Phi) is 3.77. The van der Waals surface area contributed by atoms with Gasteiger partial charge in [-0.2, -0.15) is 13.5 Å². The largest absolute Gasteiger partial charge is 0.311 e. The first-order chi connectivity index (χ1) is 10.3. The summed E-state index contributed by atoms with van der Waals surface area (Å²) in [4.78, 5) is 13.1. The second kappa shape index (κ2) is 5.47. The van der Waals surface area contributed by atoms with Gasteiger partial charge in [-0.05, 0) is 40.2 Å². The second-order valence-electron chi connectivity index (χ2n) is 4.93. The van der Waals surface area contributed by atoms with Crippen LogP contribution in [0.25, 0.3) is 5.69 Å². The number of amides is 1. The number of carbonyl (C=O) groups is 1. The van der Waals surface area contributed by atoms with Gasteiger partial charge in [-0.3, -0.25) is 4.79 Å². The van der Waals surface area contributed by atoms with Crippen molar-refractivity contribution in [3.05, 3.63) is 41.1 Å². The van der Waals surface area contributed by atoms with Crippen LogP contribution in [0.2, 0.25) is 0 Å². The molecule has 1 aliphatic heterocycles. The Hall–Kier alpha value is -1.74. The molecule has 0 spiro atoms. The number of benzene rings is 1. The van der Waals surface area contributed by atoms with Crippen molar-refractivity contribution in [3.8, 4) is 5.69 Å². The van der Waals surface area contributed by atoms with E-state index in [1.165, 1.54) is 4.90 Å². The van der Waals surface area contributed by atoms with E-state index in [1.807, 2.05) is 0 Å². The smallest absolute Gasteiger partial charge is 0.307 e. The van der Waals surface area contributed by atoms with E-state index in [-0.39, 0.29) is 13.0 Å². The average molecular weight is 388 g/mol. The van der Waals surface area contributed by atoms with Crippen LogP contribution < -0.4 is 4.90 Å². The van der Waals surface area contributed by atoms with Crippen molar-refractivity contribution in [2.24, 2.45) is 0 Å². The van der Waals surface area contributed by atoms with Crippen LogP contribution in [0.3, 0.4) is 0 Å². The third-order valence-corrected chi connectivity index (χ3v) is 4.99. The topological polar surface area (TPSA) is 72.3 Å². The maximum atomic E-state index is 13.0. The van der Waals surface area contributed by atoms with Crippen molar-refractivity contribution in [1.82, 2.24) is 9.78 Å². The summed E-state index contributed by atoms with van der Waals surface area (Å²) >= 11 is 3.30. The fourth-order valence-electron chi connectivity index (χ4n) is 2.34. The maximum absolute atomic E-state index is 13.0. The lowest BCUT2D eigenvalue weighted by molar-refractivity contribution is -0.117. The average Bonchev–Trinajstić information content (AvgIpc) is 3.05. The van der Waals surface area contributed by atoms with Gasteiger partial charge in [0.15, 0.2) is 0 Å². The number of rotatable bonds is 3. The van der Waals surface area contributed by atoms with E-state index >= 15 is 0 Å². The van der Waals surface area contributed by atoms with Crippen molar-refractivity contribution < 1.29 is 17.1 Å². The summed E-state index contributed by atoms with van der Waals surface area (Å²) in [5, 5.41) is 2.84. The number of carbonyl (C=O) groups excluding carboxylic acids is 1. The molecule has 9 heteroatoms. The number of aromatic nitrogens is 2. The van der Waals surface area contributed by atoms with Gasteiger partial charge in [-0.15, -0.1) is 3.89 Å². The lowest BCUT2D eigenvalue weighted by atomic mass is 10.2. The van der Waals surface area contributed by atoms with Crippen LogP contribution in [0.15, 0.2) is 41.1 Å². The zero-order valence-electron chi connectivity index (χ0n) is 11.2. The van der Waals surface area contributed by atoms with Crippen LogP contribution in [0.4, 0.5) is 9.57 Å². The molecule has 1 atom stereocenters. The molecule has 116 valence electrons. The van der Waals surface area contributed by atoms with Gasteiger partial charge in [-0.25, -0.2) is 4.68 Å². The normalized spacial score (nSPS) is 18.9. The Bertz CT molecular complexity index is 819.